The molecule has 0 spiro atoms. The third-order valence-electron chi connectivity index (χ3n) is 4.84. The summed E-state index contributed by atoms with van der Waals surface area (Å²) in [6, 6.07) is 23.2. The molecule has 1 heterocycles. The molecule has 0 unspecified atom stereocenters. The second-order valence-electron chi connectivity index (χ2n) is 6.97. The molecule has 0 aromatic heterocycles. The van der Waals surface area contributed by atoms with Crippen LogP contribution in [0.25, 0.3) is 6.08 Å². The Morgan fingerprint density at radius 3 is 2.41 bits per heavy atom. The number of carbonyl (C=O) groups excluding carboxylic acids is 1. The van der Waals surface area contributed by atoms with Crippen LogP contribution in [0.4, 0.5) is 5.69 Å². The van der Waals surface area contributed by atoms with Gasteiger partial charge in [-0.05, 0) is 88.0 Å². The predicted octanol–water partition coefficient (Wildman–Crippen LogP) is 6.11. The van der Waals surface area contributed by atoms with Crippen molar-refractivity contribution in [1.29, 1.82) is 0 Å². The van der Waals surface area contributed by atoms with Crippen LogP contribution in [0.5, 0.6) is 11.5 Å². The van der Waals surface area contributed by atoms with Gasteiger partial charge in [0, 0.05) is 0 Å². The first kappa shape index (κ1) is 22.4. The molecule has 1 saturated heterocycles. The first-order valence-electron chi connectivity index (χ1n) is 9.89. The number of methoxy groups -OCH3 is 2. The molecule has 162 valence electrons. The van der Waals surface area contributed by atoms with Crippen LogP contribution in [0, 0.1) is 3.57 Å². The minimum Gasteiger partial charge on any atom is -0.497 e. The summed E-state index contributed by atoms with van der Waals surface area (Å²) in [5.74, 6) is 1.53. The quantitative estimate of drug-likeness (QED) is 0.272. The average molecular weight is 556 g/mol. The van der Waals surface area contributed by atoms with E-state index in [0.29, 0.717) is 16.6 Å². The van der Waals surface area contributed by atoms with Crippen LogP contribution in [-0.4, -0.2) is 30.2 Å². The van der Waals surface area contributed by atoms with Gasteiger partial charge in [0.05, 0.1) is 34.9 Å². The summed E-state index contributed by atoms with van der Waals surface area (Å²) in [6.45, 7) is 0.430. The van der Waals surface area contributed by atoms with Gasteiger partial charge in [0.25, 0.3) is 5.91 Å². The monoisotopic (exact) mass is 556 g/mol. The smallest absolute Gasteiger partial charge is 0.267 e. The summed E-state index contributed by atoms with van der Waals surface area (Å²) in [4.78, 5) is 20.5. The fourth-order valence-electron chi connectivity index (χ4n) is 3.18. The van der Waals surface area contributed by atoms with E-state index in [1.54, 1.807) is 19.1 Å². The van der Waals surface area contributed by atoms with E-state index in [-0.39, 0.29) is 5.91 Å². The highest BCUT2D eigenvalue weighted by Gasteiger charge is 2.33. The molecule has 0 atom stereocenters. The van der Waals surface area contributed by atoms with E-state index < -0.39 is 0 Å². The Morgan fingerprint density at radius 1 is 1.00 bits per heavy atom. The Kier molecular flexibility index (Phi) is 7.16. The summed E-state index contributed by atoms with van der Waals surface area (Å²) in [5, 5.41) is 0.659. The van der Waals surface area contributed by atoms with Crippen molar-refractivity contribution in [3.63, 3.8) is 0 Å². The van der Waals surface area contributed by atoms with Gasteiger partial charge in [-0.3, -0.25) is 9.69 Å². The number of para-hydroxylation sites is 1. The minimum absolute atomic E-state index is 0.0636. The van der Waals surface area contributed by atoms with Gasteiger partial charge in [-0.25, -0.2) is 4.99 Å². The van der Waals surface area contributed by atoms with Crippen LogP contribution in [0.15, 0.2) is 82.7 Å². The number of hydrogen-bond donors (Lipinski definition) is 0. The van der Waals surface area contributed by atoms with E-state index >= 15 is 0 Å². The lowest BCUT2D eigenvalue weighted by molar-refractivity contribution is -0.122. The molecule has 32 heavy (non-hydrogen) atoms. The summed E-state index contributed by atoms with van der Waals surface area (Å²) in [7, 11) is 3.28. The van der Waals surface area contributed by atoms with Crippen LogP contribution >= 0.6 is 34.4 Å². The van der Waals surface area contributed by atoms with E-state index in [0.717, 1.165) is 31.9 Å². The third kappa shape index (κ3) is 5.16. The molecule has 7 heteroatoms. The number of rotatable bonds is 6. The summed E-state index contributed by atoms with van der Waals surface area (Å²) in [6.07, 6.45) is 1.91. The molecule has 1 aliphatic heterocycles. The number of nitrogens with zero attached hydrogens (tertiary/aromatic N) is 2. The second kappa shape index (κ2) is 10.2. The SMILES string of the molecule is COc1ccc(CN2C(=O)/C(=C/c3ccc(OC)c(I)c3)SC2=Nc2ccccc2)cc1. The van der Waals surface area contributed by atoms with E-state index in [1.807, 2.05) is 78.9 Å². The van der Waals surface area contributed by atoms with Gasteiger partial charge in [0.1, 0.15) is 11.5 Å². The molecule has 0 radical (unpaired) electrons. The lowest BCUT2D eigenvalue weighted by Gasteiger charge is -2.16. The molecular formula is C25H21IN2O3S. The number of benzene rings is 3. The molecule has 1 aliphatic rings. The largest absolute Gasteiger partial charge is 0.497 e. The number of hydrogen-bond acceptors (Lipinski definition) is 5. The third-order valence-corrected chi connectivity index (χ3v) is 6.69. The normalized spacial score (nSPS) is 16.1. The summed E-state index contributed by atoms with van der Waals surface area (Å²) < 4.78 is 11.6. The molecular weight excluding hydrogens is 535 g/mol. The van der Waals surface area contributed by atoms with Gasteiger partial charge in [-0.2, -0.15) is 0 Å². The van der Waals surface area contributed by atoms with Crippen LogP contribution in [0.2, 0.25) is 0 Å². The van der Waals surface area contributed by atoms with Gasteiger partial charge in [0.15, 0.2) is 5.17 Å². The molecule has 0 aliphatic carbocycles. The van der Waals surface area contributed by atoms with Crippen molar-refractivity contribution < 1.29 is 14.3 Å². The highest BCUT2D eigenvalue weighted by molar-refractivity contribution is 14.1. The van der Waals surface area contributed by atoms with Gasteiger partial charge in [-0.1, -0.05) is 36.4 Å². The highest BCUT2D eigenvalue weighted by Crippen LogP contribution is 2.36. The topological polar surface area (TPSA) is 51.1 Å². The van der Waals surface area contributed by atoms with E-state index in [4.69, 9.17) is 14.5 Å². The number of amidine groups is 1. The Hall–Kier alpha value is -2.78. The lowest BCUT2D eigenvalue weighted by atomic mass is 10.2. The number of ether oxygens (including phenoxy) is 2. The van der Waals surface area contributed by atoms with Crippen LogP contribution in [0.1, 0.15) is 11.1 Å². The number of halogens is 1. The maximum absolute atomic E-state index is 13.4. The Bertz CT molecular complexity index is 1180. The first-order valence-corrected chi connectivity index (χ1v) is 11.8. The Labute approximate surface area is 205 Å². The molecule has 0 saturated carbocycles. The van der Waals surface area contributed by atoms with Crippen LogP contribution < -0.4 is 9.47 Å². The van der Waals surface area contributed by atoms with Crippen LogP contribution in [0.3, 0.4) is 0 Å². The molecule has 0 N–H and O–H groups in total. The van der Waals surface area contributed by atoms with Crippen molar-refractivity contribution in [2.24, 2.45) is 4.99 Å². The van der Waals surface area contributed by atoms with Crippen molar-refractivity contribution in [2.75, 3.05) is 14.2 Å². The fourth-order valence-corrected chi connectivity index (χ4v) is 4.94. The second-order valence-corrected chi connectivity index (χ2v) is 9.15. The number of thioether (sulfide) groups is 1. The fraction of sp³-hybridized carbons (Fsp3) is 0.120. The van der Waals surface area contributed by atoms with E-state index in [9.17, 15) is 4.79 Å². The maximum atomic E-state index is 13.4. The van der Waals surface area contributed by atoms with Gasteiger partial charge < -0.3 is 9.47 Å². The van der Waals surface area contributed by atoms with Crippen LogP contribution in [-0.2, 0) is 11.3 Å². The lowest BCUT2D eigenvalue weighted by Crippen LogP contribution is -2.28. The minimum atomic E-state index is -0.0636. The van der Waals surface area contributed by atoms with Gasteiger partial charge in [-0.15, -0.1) is 0 Å². The van der Waals surface area contributed by atoms with Crippen molar-refractivity contribution in [3.05, 3.63) is 92.4 Å². The number of aliphatic imine (C=N–C) groups is 1. The average Bonchev–Trinajstić information content (AvgIpc) is 3.09. The van der Waals surface area contributed by atoms with Crippen molar-refractivity contribution in [1.82, 2.24) is 4.90 Å². The number of carbonyl (C=O) groups is 1. The highest BCUT2D eigenvalue weighted by atomic mass is 127. The molecule has 3 aromatic carbocycles. The molecule has 3 aromatic rings. The zero-order chi connectivity index (χ0) is 22.5. The number of amides is 1. The van der Waals surface area contributed by atoms with Crippen molar-refractivity contribution in [2.45, 2.75) is 6.54 Å². The zero-order valence-corrected chi connectivity index (χ0v) is 20.6. The molecule has 1 amide bonds. The van der Waals surface area contributed by atoms with Gasteiger partial charge in [0.2, 0.25) is 0 Å². The molecule has 1 fully saturated rings. The molecule has 4 rings (SSSR count). The van der Waals surface area contributed by atoms with E-state index in [1.165, 1.54) is 11.8 Å². The summed E-state index contributed by atoms with van der Waals surface area (Å²) in [5.41, 5.74) is 2.75. The zero-order valence-electron chi connectivity index (χ0n) is 17.6. The van der Waals surface area contributed by atoms with Crippen molar-refractivity contribution >= 4 is 57.2 Å². The van der Waals surface area contributed by atoms with Crippen molar-refractivity contribution in [3.8, 4) is 11.5 Å². The molecule has 5 nitrogen and oxygen atoms in total. The Morgan fingerprint density at radius 2 is 1.75 bits per heavy atom. The van der Waals surface area contributed by atoms with Gasteiger partial charge >= 0.3 is 0 Å². The summed E-state index contributed by atoms with van der Waals surface area (Å²) >= 11 is 3.62. The predicted molar refractivity (Wildman–Crippen MR) is 138 cm³/mol. The van der Waals surface area contributed by atoms with E-state index in [2.05, 4.69) is 22.6 Å². The Balaban J connectivity index is 1.67. The maximum Gasteiger partial charge on any atom is 0.267 e. The first-order chi connectivity index (χ1) is 15.6. The standard InChI is InChI=1S/C25H21IN2O3S/c1-30-20-11-8-17(9-12-20)16-28-24(29)23(15-18-10-13-22(31-2)21(26)14-18)32-25(28)27-19-6-4-3-5-7-19/h3-15H,16H2,1-2H3/b23-15-,27-25?. The molecule has 0 bridgehead atoms.